The van der Waals surface area contributed by atoms with Gasteiger partial charge in [-0.15, -0.1) is 0 Å². The monoisotopic (exact) mass is 403 g/mol. The number of benzene rings is 1. The van der Waals surface area contributed by atoms with E-state index in [9.17, 15) is 4.79 Å². The number of hydrogen-bond acceptors (Lipinski definition) is 7. The fourth-order valence-electron chi connectivity index (χ4n) is 4.50. The molecule has 2 aliphatic rings. The highest BCUT2D eigenvalue weighted by atomic mass is 16.2. The van der Waals surface area contributed by atoms with Gasteiger partial charge in [0.15, 0.2) is 0 Å². The van der Waals surface area contributed by atoms with Crippen LogP contribution in [0.3, 0.4) is 0 Å². The van der Waals surface area contributed by atoms with E-state index in [1.165, 1.54) is 5.56 Å². The Balaban J connectivity index is 1.36. The second kappa shape index (κ2) is 7.97. The molecule has 0 bridgehead atoms. The molecule has 154 valence electrons. The van der Waals surface area contributed by atoms with E-state index in [-0.39, 0.29) is 18.0 Å². The van der Waals surface area contributed by atoms with Crippen molar-refractivity contribution >= 4 is 22.6 Å². The molecular formula is C22H25N7O. The molecule has 30 heavy (non-hydrogen) atoms. The van der Waals surface area contributed by atoms with Crippen molar-refractivity contribution in [2.45, 2.75) is 25.4 Å². The summed E-state index contributed by atoms with van der Waals surface area (Å²) in [6.07, 6.45) is 4.08. The Morgan fingerprint density at radius 3 is 2.63 bits per heavy atom. The van der Waals surface area contributed by atoms with Gasteiger partial charge in [0.05, 0.1) is 17.8 Å². The molecule has 2 aliphatic heterocycles. The molecule has 1 aromatic carbocycles. The van der Waals surface area contributed by atoms with E-state index in [1.54, 1.807) is 12.4 Å². The molecule has 3 aromatic rings. The highest BCUT2D eigenvalue weighted by Gasteiger charge is 2.36. The average Bonchev–Trinajstić information content (AvgIpc) is 2.79. The predicted molar refractivity (Wildman–Crippen MR) is 115 cm³/mol. The quantitative estimate of drug-likeness (QED) is 0.687. The molecule has 0 saturated carbocycles. The minimum absolute atomic E-state index is 0.0412. The fraction of sp³-hybridized carbons (Fsp3) is 0.364. The van der Waals surface area contributed by atoms with Crippen molar-refractivity contribution in [3.05, 3.63) is 60.2 Å². The standard InChI is InChI=1S/C22H25N7O/c1-15-24-18-14-23-8-7-17(18)22(25-15)29-11-9-28(10-12-29)19-13-20(30)26-27-21(19)16-5-3-2-4-6-16/h2-8,14,19,21,27H,9-13H2,1H3,(H,26,30). The maximum absolute atomic E-state index is 12.1. The Morgan fingerprint density at radius 1 is 1.03 bits per heavy atom. The second-order valence-corrected chi connectivity index (χ2v) is 7.86. The minimum Gasteiger partial charge on any atom is -0.353 e. The van der Waals surface area contributed by atoms with Gasteiger partial charge in [-0.3, -0.25) is 20.1 Å². The molecule has 8 nitrogen and oxygen atoms in total. The van der Waals surface area contributed by atoms with Crippen LogP contribution in [0.25, 0.3) is 10.9 Å². The third-order valence-corrected chi connectivity index (χ3v) is 5.98. The van der Waals surface area contributed by atoms with Gasteiger partial charge < -0.3 is 4.90 Å². The van der Waals surface area contributed by atoms with E-state index in [0.29, 0.717) is 6.42 Å². The normalized spacial score (nSPS) is 22.8. The van der Waals surface area contributed by atoms with E-state index < -0.39 is 0 Å². The number of pyridine rings is 1. The van der Waals surface area contributed by atoms with Gasteiger partial charge in [-0.05, 0) is 18.6 Å². The van der Waals surface area contributed by atoms with Crippen LogP contribution in [0, 0.1) is 6.92 Å². The summed E-state index contributed by atoms with van der Waals surface area (Å²) in [7, 11) is 0. The lowest BCUT2D eigenvalue weighted by Crippen LogP contribution is -2.60. The largest absolute Gasteiger partial charge is 0.353 e. The topological polar surface area (TPSA) is 86.3 Å². The number of hydrogen-bond donors (Lipinski definition) is 2. The maximum atomic E-state index is 12.1. The van der Waals surface area contributed by atoms with Gasteiger partial charge in [-0.2, -0.15) is 0 Å². The number of anilines is 1. The van der Waals surface area contributed by atoms with Crippen LogP contribution in [0.1, 0.15) is 23.9 Å². The molecule has 2 fully saturated rings. The molecule has 5 rings (SSSR count). The Labute approximate surface area is 175 Å². The van der Waals surface area contributed by atoms with E-state index in [2.05, 4.69) is 42.8 Å². The number of hydrazine groups is 1. The first-order valence-corrected chi connectivity index (χ1v) is 10.4. The highest BCUT2D eigenvalue weighted by molar-refractivity contribution is 5.88. The van der Waals surface area contributed by atoms with Crippen LogP contribution in [-0.2, 0) is 4.79 Å². The molecule has 8 heteroatoms. The van der Waals surface area contributed by atoms with Crippen LogP contribution >= 0.6 is 0 Å². The molecule has 1 amide bonds. The molecule has 2 aromatic heterocycles. The van der Waals surface area contributed by atoms with Gasteiger partial charge in [0.1, 0.15) is 11.6 Å². The van der Waals surface area contributed by atoms with Crippen LogP contribution in [0.4, 0.5) is 5.82 Å². The highest BCUT2D eigenvalue weighted by Crippen LogP contribution is 2.29. The first-order valence-electron chi connectivity index (χ1n) is 10.4. The number of aryl methyl sites for hydroxylation is 1. The molecule has 2 atom stereocenters. The molecule has 0 aliphatic carbocycles. The zero-order valence-electron chi connectivity index (χ0n) is 17.0. The van der Waals surface area contributed by atoms with Crippen molar-refractivity contribution in [3.8, 4) is 0 Å². The van der Waals surface area contributed by atoms with Gasteiger partial charge in [-0.25, -0.2) is 15.4 Å². The van der Waals surface area contributed by atoms with E-state index >= 15 is 0 Å². The Hall–Kier alpha value is -3.10. The lowest BCUT2D eigenvalue weighted by molar-refractivity contribution is -0.126. The van der Waals surface area contributed by atoms with E-state index in [1.807, 2.05) is 31.2 Å². The lowest BCUT2D eigenvalue weighted by Gasteiger charge is -2.44. The van der Waals surface area contributed by atoms with Crippen LogP contribution in [0.5, 0.6) is 0 Å². The number of amides is 1. The molecule has 2 saturated heterocycles. The SMILES string of the molecule is Cc1nc(N2CCN(C3CC(=O)NNC3c3ccccc3)CC2)c2ccncc2n1. The van der Waals surface area contributed by atoms with E-state index in [0.717, 1.165) is 48.7 Å². The first-order chi connectivity index (χ1) is 14.7. The van der Waals surface area contributed by atoms with Gasteiger partial charge in [0.2, 0.25) is 5.91 Å². The minimum atomic E-state index is 0.0412. The Morgan fingerprint density at radius 2 is 1.83 bits per heavy atom. The number of carbonyl (C=O) groups is 1. The number of nitrogens with zero attached hydrogens (tertiary/aromatic N) is 5. The summed E-state index contributed by atoms with van der Waals surface area (Å²) in [5.74, 6) is 1.77. The summed E-state index contributed by atoms with van der Waals surface area (Å²) in [4.78, 5) is 30.3. The fourth-order valence-corrected chi connectivity index (χ4v) is 4.50. The summed E-state index contributed by atoms with van der Waals surface area (Å²) in [5, 5.41) is 1.03. The molecule has 2 N–H and O–H groups in total. The number of fused-ring (bicyclic) bond motifs is 1. The van der Waals surface area contributed by atoms with Crippen LogP contribution in [0.2, 0.25) is 0 Å². The summed E-state index contributed by atoms with van der Waals surface area (Å²) in [5.41, 5.74) is 8.10. The zero-order valence-corrected chi connectivity index (χ0v) is 17.0. The lowest BCUT2D eigenvalue weighted by atomic mass is 9.93. The Kier molecular flexibility index (Phi) is 5.02. The van der Waals surface area contributed by atoms with Crippen molar-refractivity contribution in [2.75, 3.05) is 31.1 Å². The number of piperazine rings is 1. The van der Waals surface area contributed by atoms with Crippen molar-refractivity contribution in [2.24, 2.45) is 0 Å². The van der Waals surface area contributed by atoms with Crippen molar-refractivity contribution in [1.82, 2.24) is 30.7 Å². The molecule has 0 spiro atoms. The van der Waals surface area contributed by atoms with Crippen LogP contribution in [-0.4, -0.2) is 58.0 Å². The van der Waals surface area contributed by atoms with Gasteiger partial charge in [0.25, 0.3) is 0 Å². The number of nitrogens with one attached hydrogen (secondary N) is 2. The van der Waals surface area contributed by atoms with Gasteiger partial charge >= 0.3 is 0 Å². The molecule has 4 heterocycles. The van der Waals surface area contributed by atoms with Crippen LogP contribution in [0.15, 0.2) is 48.8 Å². The van der Waals surface area contributed by atoms with Crippen molar-refractivity contribution in [1.29, 1.82) is 0 Å². The first kappa shape index (κ1) is 18.9. The van der Waals surface area contributed by atoms with Crippen LogP contribution < -0.4 is 15.8 Å². The summed E-state index contributed by atoms with van der Waals surface area (Å²) < 4.78 is 0. The van der Waals surface area contributed by atoms with Crippen molar-refractivity contribution < 1.29 is 4.79 Å². The molecular weight excluding hydrogens is 378 g/mol. The summed E-state index contributed by atoms with van der Waals surface area (Å²) in [6.45, 7) is 5.38. The second-order valence-electron chi connectivity index (χ2n) is 7.86. The number of rotatable bonds is 3. The van der Waals surface area contributed by atoms with E-state index in [4.69, 9.17) is 4.98 Å². The zero-order chi connectivity index (χ0) is 20.5. The third kappa shape index (κ3) is 3.59. The third-order valence-electron chi connectivity index (χ3n) is 5.98. The maximum Gasteiger partial charge on any atom is 0.235 e. The summed E-state index contributed by atoms with van der Waals surface area (Å²) in [6, 6.07) is 12.5. The predicted octanol–water partition coefficient (Wildman–Crippen LogP) is 1.59. The number of aromatic nitrogens is 3. The molecule has 2 unspecified atom stereocenters. The van der Waals surface area contributed by atoms with Gasteiger partial charge in [0, 0.05) is 50.2 Å². The smallest absolute Gasteiger partial charge is 0.235 e. The molecule has 0 radical (unpaired) electrons. The van der Waals surface area contributed by atoms with Crippen molar-refractivity contribution in [3.63, 3.8) is 0 Å². The summed E-state index contributed by atoms with van der Waals surface area (Å²) >= 11 is 0. The average molecular weight is 403 g/mol. The number of carbonyl (C=O) groups excluding carboxylic acids is 1. The Bertz CT molecular complexity index is 1050. The van der Waals surface area contributed by atoms with Gasteiger partial charge in [-0.1, -0.05) is 30.3 Å².